The van der Waals surface area contributed by atoms with Crippen molar-refractivity contribution in [2.75, 3.05) is 6.54 Å². The van der Waals surface area contributed by atoms with Gasteiger partial charge in [-0.05, 0) is 25.0 Å². The maximum absolute atomic E-state index is 14.0. The van der Waals surface area contributed by atoms with Crippen LogP contribution in [0.5, 0.6) is 0 Å². The lowest BCUT2D eigenvalue weighted by Gasteiger charge is -2.24. The second-order valence-corrected chi connectivity index (χ2v) is 5.89. The van der Waals surface area contributed by atoms with Crippen molar-refractivity contribution in [3.05, 3.63) is 70.5 Å². The standard InChI is InChI=1S/C18H15ClFNO2/c19-13-8-4-9-14(20)16(13)18(23)21-11-5-10-15(21)17(22)12-6-2-1-3-7-12/h1-4,6-9,15H,5,10-11H2. The van der Waals surface area contributed by atoms with Crippen LogP contribution in [-0.2, 0) is 0 Å². The van der Waals surface area contributed by atoms with E-state index in [0.29, 0.717) is 24.9 Å². The maximum atomic E-state index is 14.0. The summed E-state index contributed by atoms with van der Waals surface area (Å²) in [5.41, 5.74) is 0.388. The van der Waals surface area contributed by atoms with Gasteiger partial charge in [-0.1, -0.05) is 48.0 Å². The molecule has 0 saturated carbocycles. The Morgan fingerprint density at radius 2 is 1.83 bits per heavy atom. The van der Waals surface area contributed by atoms with Gasteiger partial charge in [-0.25, -0.2) is 4.39 Å². The average Bonchev–Trinajstić information content (AvgIpc) is 3.04. The van der Waals surface area contributed by atoms with Gasteiger partial charge in [-0.15, -0.1) is 0 Å². The Hall–Kier alpha value is -2.20. The van der Waals surface area contributed by atoms with Crippen LogP contribution in [0.2, 0.25) is 5.02 Å². The SMILES string of the molecule is O=C(c1ccccc1)C1CCCN1C(=O)c1c(F)cccc1Cl. The van der Waals surface area contributed by atoms with E-state index in [1.807, 2.05) is 6.07 Å². The number of nitrogens with zero attached hydrogens (tertiary/aromatic N) is 1. The Bertz CT molecular complexity index is 728. The summed E-state index contributed by atoms with van der Waals surface area (Å²) in [7, 11) is 0. The number of carbonyl (C=O) groups excluding carboxylic acids is 2. The minimum Gasteiger partial charge on any atom is -0.328 e. The van der Waals surface area contributed by atoms with Gasteiger partial charge < -0.3 is 4.90 Å². The van der Waals surface area contributed by atoms with Gasteiger partial charge >= 0.3 is 0 Å². The summed E-state index contributed by atoms with van der Waals surface area (Å²) < 4.78 is 14.0. The third-order valence-corrected chi connectivity index (χ3v) is 4.37. The molecule has 1 amide bonds. The van der Waals surface area contributed by atoms with Crippen LogP contribution in [-0.4, -0.2) is 29.2 Å². The van der Waals surface area contributed by atoms with Crippen LogP contribution in [0.15, 0.2) is 48.5 Å². The number of carbonyl (C=O) groups is 2. The molecule has 0 radical (unpaired) electrons. The minimum absolute atomic E-state index is 0.0628. The molecule has 1 atom stereocenters. The summed E-state index contributed by atoms with van der Waals surface area (Å²) in [6, 6.07) is 12.4. The monoisotopic (exact) mass is 331 g/mol. The summed E-state index contributed by atoms with van der Waals surface area (Å²) in [6.45, 7) is 0.423. The molecule has 0 aliphatic carbocycles. The van der Waals surface area contributed by atoms with E-state index < -0.39 is 17.8 Å². The van der Waals surface area contributed by atoms with E-state index in [1.54, 1.807) is 24.3 Å². The van der Waals surface area contributed by atoms with Crippen molar-refractivity contribution in [1.82, 2.24) is 4.90 Å². The van der Waals surface area contributed by atoms with E-state index in [1.165, 1.54) is 23.1 Å². The number of hydrogen-bond donors (Lipinski definition) is 0. The first-order valence-corrected chi connectivity index (χ1v) is 7.81. The zero-order chi connectivity index (χ0) is 16.4. The number of benzene rings is 2. The van der Waals surface area contributed by atoms with Crippen LogP contribution in [0.4, 0.5) is 4.39 Å². The number of likely N-dealkylation sites (tertiary alicyclic amines) is 1. The number of ketones is 1. The predicted molar refractivity (Wildman–Crippen MR) is 86.2 cm³/mol. The second kappa shape index (κ2) is 6.50. The van der Waals surface area contributed by atoms with Crippen molar-refractivity contribution in [2.24, 2.45) is 0 Å². The molecule has 1 aliphatic rings. The molecule has 0 N–H and O–H groups in total. The molecule has 1 fully saturated rings. The number of halogens is 2. The Kier molecular flexibility index (Phi) is 4.44. The normalized spacial score (nSPS) is 17.3. The van der Waals surface area contributed by atoms with Gasteiger partial charge in [0.1, 0.15) is 5.82 Å². The molecule has 1 heterocycles. The molecule has 5 heteroatoms. The molecular formula is C18H15ClFNO2. The highest BCUT2D eigenvalue weighted by atomic mass is 35.5. The fraction of sp³-hybridized carbons (Fsp3) is 0.222. The van der Waals surface area contributed by atoms with Gasteiger partial charge in [0.15, 0.2) is 5.78 Å². The molecule has 1 aliphatic heterocycles. The van der Waals surface area contributed by atoms with Gasteiger partial charge in [0.05, 0.1) is 16.6 Å². The first-order chi connectivity index (χ1) is 11.1. The molecule has 0 aromatic heterocycles. The molecule has 23 heavy (non-hydrogen) atoms. The molecule has 0 bridgehead atoms. The zero-order valence-corrected chi connectivity index (χ0v) is 13.1. The van der Waals surface area contributed by atoms with Crippen molar-refractivity contribution in [2.45, 2.75) is 18.9 Å². The van der Waals surface area contributed by atoms with Crippen LogP contribution >= 0.6 is 11.6 Å². The van der Waals surface area contributed by atoms with Gasteiger partial charge in [0, 0.05) is 12.1 Å². The lowest BCUT2D eigenvalue weighted by Crippen LogP contribution is -2.41. The summed E-state index contributed by atoms with van der Waals surface area (Å²) in [6.07, 6.45) is 1.28. The summed E-state index contributed by atoms with van der Waals surface area (Å²) in [5.74, 6) is -1.32. The van der Waals surface area contributed by atoms with E-state index in [4.69, 9.17) is 11.6 Å². The number of rotatable bonds is 3. The van der Waals surface area contributed by atoms with Crippen molar-refractivity contribution in [3.63, 3.8) is 0 Å². The van der Waals surface area contributed by atoms with Crippen LogP contribution in [0.25, 0.3) is 0 Å². The highest BCUT2D eigenvalue weighted by molar-refractivity contribution is 6.34. The van der Waals surface area contributed by atoms with Gasteiger partial charge in [-0.3, -0.25) is 9.59 Å². The Labute approximate surface area is 138 Å². The van der Waals surface area contributed by atoms with E-state index >= 15 is 0 Å². The fourth-order valence-electron chi connectivity index (χ4n) is 2.92. The predicted octanol–water partition coefficient (Wildman–Crippen LogP) is 3.97. The fourth-order valence-corrected chi connectivity index (χ4v) is 3.17. The molecule has 1 unspecified atom stereocenters. The van der Waals surface area contributed by atoms with Crippen molar-refractivity contribution >= 4 is 23.3 Å². The van der Waals surface area contributed by atoms with Crippen molar-refractivity contribution < 1.29 is 14.0 Å². The van der Waals surface area contributed by atoms with E-state index in [9.17, 15) is 14.0 Å². The summed E-state index contributed by atoms with van der Waals surface area (Å²) in [4.78, 5) is 26.8. The molecule has 118 valence electrons. The minimum atomic E-state index is -0.666. The van der Waals surface area contributed by atoms with Gasteiger partial charge in [0.25, 0.3) is 5.91 Å². The highest BCUT2D eigenvalue weighted by Gasteiger charge is 2.36. The highest BCUT2D eigenvalue weighted by Crippen LogP contribution is 2.27. The molecule has 0 spiro atoms. The van der Waals surface area contributed by atoms with E-state index in [2.05, 4.69) is 0 Å². The van der Waals surface area contributed by atoms with Crippen LogP contribution < -0.4 is 0 Å². The quantitative estimate of drug-likeness (QED) is 0.798. The molecule has 1 saturated heterocycles. The Morgan fingerprint density at radius 1 is 1.09 bits per heavy atom. The third-order valence-electron chi connectivity index (χ3n) is 4.05. The van der Waals surface area contributed by atoms with Crippen molar-refractivity contribution in [1.29, 1.82) is 0 Å². The van der Waals surface area contributed by atoms with E-state index in [-0.39, 0.29) is 16.4 Å². The Morgan fingerprint density at radius 3 is 2.52 bits per heavy atom. The first-order valence-electron chi connectivity index (χ1n) is 7.44. The number of Topliss-reactive ketones (excluding diaryl/α,β-unsaturated/α-hetero) is 1. The van der Waals surface area contributed by atoms with Gasteiger partial charge in [-0.2, -0.15) is 0 Å². The third kappa shape index (κ3) is 2.99. The van der Waals surface area contributed by atoms with Gasteiger partial charge in [0.2, 0.25) is 0 Å². The van der Waals surface area contributed by atoms with Crippen molar-refractivity contribution in [3.8, 4) is 0 Å². The van der Waals surface area contributed by atoms with E-state index in [0.717, 1.165) is 0 Å². The number of amides is 1. The summed E-state index contributed by atoms with van der Waals surface area (Å²) >= 11 is 5.97. The lowest BCUT2D eigenvalue weighted by atomic mass is 10.0. The molecular weight excluding hydrogens is 317 g/mol. The average molecular weight is 332 g/mol. The molecule has 2 aromatic rings. The smallest absolute Gasteiger partial charge is 0.258 e. The second-order valence-electron chi connectivity index (χ2n) is 5.48. The molecule has 2 aromatic carbocycles. The maximum Gasteiger partial charge on any atom is 0.258 e. The van der Waals surface area contributed by atoms with Crippen LogP contribution in [0, 0.1) is 5.82 Å². The zero-order valence-electron chi connectivity index (χ0n) is 12.3. The van der Waals surface area contributed by atoms with Crippen LogP contribution in [0.1, 0.15) is 33.6 Å². The first kappa shape index (κ1) is 15.7. The largest absolute Gasteiger partial charge is 0.328 e. The lowest BCUT2D eigenvalue weighted by molar-refractivity contribution is 0.0668. The topological polar surface area (TPSA) is 37.4 Å². The summed E-state index contributed by atoms with van der Waals surface area (Å²) in [5, 5.41) is 0.0628. The number of hydrogen-bond acceptors (Lipinski definition) is 2. The van der Waals surface area contributed by atoms with Crippen LogP contribution in [0.3, 0.4) is 0 Å². The Balaban J connectivity index is 1.90. The molecule has 3 nitrogen and oxygen atoms in total. The molecule has 3 rings (SSSR count).